The Morgan fingerprint density at radius 2 is 1.86 bits per heavy atom. The second-order valence-electron chi connectivity index (χ2n) is 5.04. The standard InChI is InChI=1S/C13H16F3N3O2/c1-12(21,13(14,15)16)11(20)19-8-6-18(7-9-19)10-4-2-3-5-17-10/h2-5,21H,6-9H2,1H3/t12-/m1/s1. The summed E-state index contributed by atoms with van der Waals surface area (Å²) in [4.78, 5) is 18.9. The molecule has 1 amide bonds. The second-order valence-corrected chi connectivity index (χ2v) is 5.04. The summed E-state index contributed by atoms with van der Waals surface area (Å²) >= 11 is 0. The Kier molecular flexibility index (Phi) is 4.08. The smallest absolute Gasteiger partial charge is 0.373 e. The molecule has 1 fully saturated rings. The van der Waals surface area contributed by atoms with Gasteiger partial charge in [0.05, 0.1) is 0 Å². The molecule has 2 rings (SSSR count). The summed E-state index contributed by atoms with van der Waals surface area (Å²) in [6.45, 7) is 1.46. The first-order chi connectivity index (χ1) is 9.73. The van der Waals surface area contributed by atoms with Crippen molar-refractivity contribution in [3.8, 4) is 0 Å². The van der Waals surface area contributed by atoms with Gasteiger partial charge in [-0.15, -0.1) is 0 Å². The Bertz CT molecular complexity index is 497. The van der Waals surface area contributed by atoms with E-state index in [2.05, 4.69) is 4.98 Å². The monoisotopic (exact) mass is 303 g/mol. The van der Waals surface area contributed by atoms with E-state index in [4.69, 9.17) is 0 Å². The van der Waals surface area contributed by atoms with Gasteiger partial charge in [-0.3, -0.25) is 4.79 Å². The SMILES string of the molecule is C[C@@](O)(C(=O)N1CCN(c2ccccn2)CC1)C(F)(F)F. The van der Waals surface area contributed by atoms with E-state index >= 15 is 0 Å². The number of hydrogen-bond donors (Lipinski definition) is 1. The Morgan fingerprint density at radius 1 is 1.24 bits per heavy atom. The zero-order valence-electron chi connectivity index (χ0n) is 11.5. The number of rotatable bonds is 2. The normalized spacial score (nSPS) is 19.3. The largest absolute Gasteiger partial charge is 0.426 e. The van der Waals surface area contributed by atoms with Crippen LogP contribution in [0.4, 0.5) is 19.0 Å². The van der Waals surface area contributed by atoms with Crippen LogP contribution in [0.2, 0.25) is 0 Å². The van der Waals surface area contributed by atoms with Crippen molar-refractivity contribution in [2.45, 2.75) is 18.7 Å². The molecule has 8 heteroatoms. The van der Waals surface area contributed by atoms with Gasteiger partial charge in [0.2, 0.25) is 5.60 Å². The molecule has 5 nitrogen and oxygen atoms in total. The quantitative estimate of drug-likeness (QED) is 0.887. The maximum Gasteiger partial charge on any atom is 0.426 e. The number of aromatic nitrogens is 1. The number of pyridine rings is 1. The van der Waals surface area contributed by atoms with Crippen LogP contribution in [0, 0.1) is 0 Å². The van der Waals surface area contributed by atoms with E-state index in [-0.39, 0.29) is 13.1 Å². The topological polar surface area (TPSA) is 56.7 Å². The van der Waals surface area contributed by atoms with Crippen molar-refractivity contribution in [1.29, 1.82) is 0 Å². The van der Waals surface area contributed by atoms with E-state index in [9.17, 15) is 23.1 Å². The molecule has 1 N–H and O–H groups in total. The number of alkyl halides is 3. The zero-order valence-corrected chi connectivity index (χ0v) is 11.5. The van der Waals surface area contributed by atoms with Crippen LogP contribution in [-0.2, 0) is 4.79 Å². The second kappa shape index (κ2) is 5.51. The molecule has 0 saturated carbocycles. The lowest BCUT2D eigenvalue weighted by Crippen LogP contribution is -2.60. The van der Waals surface area contributed by atoms with E-state index in [0.717, 1.165) is 4.90 Å². The molecule has 1 atom stereocenters. The molecule has 0 spiro atoms. The highest BCUT2D eigenvalue weighted by atomic mass is 19.4. The molecule has 21 heavy (non-hydrogen) atoms. The van der Waals surface area contributed by atoms with Crippen molar-refractivity contribution in [3.63, 3.8) is 0 Å². The van der Waals surface area contributed by atoms with Crippen LogP contribution < -0.4 is 4.90 Å². The maximum absolute atomic E-state index is 12.7. The molecule has 0 aromatic carbocycles. The molecule has 116 valence electrons. The van der Waals surface area contributed by atoms with Gasteiger partial charge in [0.1, 0.15) is 5.82 Å². The number of hydrogen-bond acceptors (Lipinski definition) is 4. The lowest BCUT2D eigenvalue weighted by Gasteiger charge is -2.38. The van der Waals surface area contributed by atoms with E-state index in [0.29, 0.717) is 25.8 Å². The average molecular weight is 303 g/mol. The number of halogens is 3. The summed E-state index contributed by atoms with van der Waals surface area (Å²) in [6, 6.07) is 5.38. The predicted molar refractivity (Wildman–Crippen MR) is 69.7 cm³/mol. The molecule has 1 aliphatic heterocycles. The van der Waals surface area contributed by atoms with Crippen molar-refractivity contribution in [2.75, 3.05) is 31.1 Å². The van der Waals surface area contributed by atoms with Gasteiger partial charge in [-0.05, 0) is 19.1 Å². The Morgan fingerprint density at radius 3 is 2.33 bits per heavy atom. The summed E-state index contributed by atoms with van der Waals surface area (Å²) < 4.78 is 38.0. The fourth-order valence-electron chi connectivity index (χ4n) is 2.11. The number of aliphatic hydroxyl groups is 1. The molecular formula is C13H16F3N3O2. The van der Waals surface area contributed by atoms with Gasteiger partial charge in [-0.25, -0.2) is 4.98 Å². The molecule has 1 aromatic rings. The first kappa shape index (κ1) is 15.6. The highest BCUT2D eigenvalue weighted by Crippen LogP contribution is 2.32. The van der Waals surface area contributed by atoms with Gasteiger partial charge < -0.3 is 14.9 Å². The molecule has 1 aliphatic rings. The Balaban J connectivity index is 2.00. The first-order valence-electron chi connectivity index (χ1n) is 6.48. The van der Waals surface area contributed by atoms with Crippen LogP contribution in [0.5, 0.6) is 0 Å². The van der Waals surface area contributed by atoms with Gasteiger partial charge in [-0.1, -0.05) is 6.07 Å². The van der Waals surface area contributed by atoms with Gasteiger partial charge >= 0.3 is 6.18 Å². The predicted octanol–water partition coefficient (Wildman–Crippen LogP) is 1.04. The number of nitrogens with zero attached hydrogens (tertiary/aromatic N) is 3. The highest BCUT2D eigenvalue weighted by molar-refractivity contribution is 5.85. The van der Waals surface area contributed by atoms with E-state index in [1.54, 1.807) is 18.3 Å². The number of carbonyl (C=O) groups excluding carboxylic acids is 1. The molecule has 1 aromatic heterocycles. The minimum absolute atomic E-state index is 0.113. The molecule has 2 heterocycles. The lowest BCUT2D eigenvalue weighted by atomic mass is 10.0. The van der Waals surface area contributed by atoms with E-state index < -0.39 is 17.7 Å². The molecule has 0 aliphatic carbocycles. The summed E-state index contributed by atoms with van der Waals surface area (Å²) in [7, 11) is 0. The van der Waals surface area contributed by atoms with Crippen molar-refractivity contribution in [1.82, 2.24) is 9.88 Å². The Labute approximate surface area is 120 Å². The maximum atomic E-state index is 12.7. The molecule has 1 saturated heterocycles. The summed E-state index contributed by atoms with van der Waals surface area (Å²) in [5.41, 5.74) is -3.35. The summed E-state index contributed by atoms with van der Waals surface area (Å²) in [5.74, 6) is -0.595. The van der Waals surface area contributed by atoms with Gasteiger partial charge in [0.15, 0.2) is 0 Å². The molecule has 0 unspecified atom stereocenters. The van der Waals surface area contributed by atoms with Crippen LogP contribution in [0.1, 0.15) is 6.92 Å². The first-order valence-corrected chi connectivity index (χ1v) is 6.48. The van der Waals surface area contributed by atoms with Crippen molar-refractivity contribution < 1.29 is 23.1 Å². The van der Waals surface area contributed by atoms with Crippen LogP contribution in [0.3, 0.4) is 0 Å². The van der Waals surface area contributed by atoms with Gasteiger partial charge in [0.25, 0.3) is 5.91 Å². The Hall–Kier alpha value is -1.83. The van der Waals surface area contributed by atoms with Crippen molar-refractivity contribution >= 4 is 11.7 Å². The third-order valence-electron chi connectivity index (χ3n) is 3.51. The molecular weight excluding hydrogens is 287 g/mol. The zero-order chi connectivity index (χ0) is 15.7. The number of carbonyl (C=O) groups is 1. The van der Waals surface area contributed by atoms with Crippen molar-refractivity contribution in [2.24, 2.45) is 0 Å². The fraction of sp³-hybridized carbons (Fsp3) is 0.538. The lowest BCUT2D eigenvalue weighted by molar-refractivity contribution is -0.250. The minimum Gasteiger partial charge on any atom is -0.373 e. The van der Waals surface area contributed by atoms with Crippen LogP contribution in [0.15, 0.2) is 24.4 Å². The van der Waals surface area contributed by atoms with E-state index in [1.807, 2.05) is 11.0 Å². The van der Waals surface area contributed by atoms with Crippen molar-refractivity contribution in [3.05, 3.63) is 24.4 Å². The van der Waals surface area contributed by atoms with Crippen LogP contribution in [0.25, 0.3) is 0 Å². The van der Waals surface area contributed by atoms with Crippen LogP contribution in [-0.4, -0.2) is 58.9 Å². The minimum atomic E-state index is -4.98. The van der Waals surface area contributed by atoms with Crippen LogP contribution >= 0.6 is 0 Å². The fourth-order valence-corrected chi connectivity index (χ4v) is 2.11. The third-order valence-corrected chi connectivity index (χ3v) is 3.51. The average Bonchev–Trinajstić information content (AvgIpc) is 2.46. The van der Waals surface area contributed by atoms with Gasteiger partial charge in [-0.2, -0.15) is 13.2 Å². The van der Waals surface area contributed by atoms with Gasteiger partial charge in [0, 0.05) is 32.4 Å². The number of anilines is 1. The summed E-state index contributed by atoms with van der Waals surface area (Å²) in [6.07, 6.45) is -3.36. The number of amides is 1. The van der Waals surface area contributed by atoms with E-state index in [1.165, 1.54) is 0 Å². The highest BCUT2D eigenvalue weighted by Gasteiger charge is 2.57. The molecule has 0 radical (unpaired) electrons. The molecule has 0 bridgehead atoms. The third kappa shape index (κ3) is 3.10. The summed E-state index contributed by atoms with van der Waals surface area (Å²) in [5, 5.41) is 9.41. The number of piperazine rings is 1.